The Balaban J connectivity index is 1.78. The monoisotopic (exact) mass is 379 g/mol. The van der Waals surface area contributed by atoms with Crippen LogP contribution in [0.2, 0.25) is 0 Å². The van der Waals surface area contributed by atoms with E-state index in [0.29, 0.717) is 37.1 Å². The van der Waals surface area contributed by atoms with Crippen molar-refractivity contribution >= 4 is 22.5 Å². The molecule has 7 heteroatoms. The van der Waals surface area contributed by atoms with Crippen LogP contribution in [-0.4, -0.2) is 42.0 Å². The number of pyridine rings is 1. The summed E-state index contributed by atoms with van der Waals surface area (Å²) in [6.07, 6.45) is -1.33. The maximum absolute atomic E-state index is 12.9. The lowest BCUT2D eigenvalue weighted by molar-refractivity contribution is -0.137. The summed E-state index contributed by atoms with van der Waals surface area (Å²) in [7, 11) is 0. The number of benzene rings is 1. The van der Waals surface area contributed by atoms with Gasteiger partial charge in [0.15, 0.2) is 0 Å². The molecule has 0 aliphatic carbocycles. The third-order valence-corrected chi connectivity index (χ3v) is 5.31. The van der Waals surface area contributed by atoms with Gasteiger partial charge in [-0.05, 0) is 44.9 Å². The van der Waals surface area contributed by atoms with E-state index in [2.05, 4.69) is 9.88 Å². The first-order valence-electron chi connectivity index (χ1n) is 9.34. The van der Waals surface area contributed by atoms with Crippen LogP contribution in [0.15, 0.2) is 30.5 Å². The lowest BCUT2D eigenvalue weighted by Gasteiger charge is -2.35. The fourth-order valence-electron chi connectivity index (χ4n) is 3.75. The SMILES string of the molecule is CCN(CC)C(=O)C1CCN(c2ccnc3cc(C(F)(F)F)ccc23)CC1. The molecule has 1 fully saturated rings. The molecule has 0 spiro atoms. The Labute approximate surface area is 157 Å². The summed E-state index contributed by atoms with van der Waals surface area (Å²) in [5.41, 5.74) is 0.523. The molecule has 1 amide bonds. The number of alkyl halides is 3. The zero-order valence-corrected chi connectivity index (χ0v) is 15.6. The van der Waals surface area contributed by atoms with Crippen LogP contribution >= 0.6 is 0 Å². The summed E-state index contributed by atoms with van der Waals surface area (Å²) in [6.45, 7) is 6.80. The van der Waals surface area contributed by atoms with Gasteiger partial charge in [-0.3, -0.25) is 9.78 Å². The molecule has 146 valence electrons. The molecule has 0 N–H and O–H groups in total. The minimum Gasteiger partial charge on any atom is -0.371 e. The van der Waals surface area contributed by atoms with Crippen LogP contribution in [0.3, 0.4) is 0 Å². The van der Waals surface area contributed by atoms with Crippen LogP contribution in [-0.2, 0) is 11.0 Å². The van der Waals surface area contributed by atoms with Crippen LogP contribution in [0.4, 0.5) is 18.9 Å². The fraction of sp³-hybridized carbons (Fsp3) is 0.500. The molecule has 2 aromatic rings. The predicted octanol–water partition coefficient (Wildman–Crippen LogP) is 4.34. The summed E-state index contributed by atoms with van der Waals surface area (Å²) in [5, 5.41) is 0.707. The first-order valence-corrected chi connectivity index (χ1v) is 9.34. The molecule has 3 rings (SSSR count). The van der Waals surface area contributed by atoms with Gasteiger partial charge in [-0.15, -0.1) is 0 Å². The van der Waals surface area contributed by atoms with Crippen molar-refractivity contribution in [3.8, 4) is 0 Å². The van der Waals surface area contributed by atoms with Crippen molar-refractivity contribution in [2.45, 2.75) is 32.9 Å². The smallest absolute Gasteiger partial charge is 0.371 e. The van der Waals surface area contributed by atoms with Crippen LogP contribution in [0, 0.1) is 5.92 Å². The summed E-state index contributed by atoms with van der Waals surface area (Å²) >= 11 is 0. The maximum atomic E-state index is 12.9. The number of nitrogens with zero attached hydrogens (tertiary/aromatic N) is 3. The van der Waals surface area contributed by atoms with Crippen LogP contribution in [0.1, 0.15) is 32.3 Å². The largest absolute Gasteiger partial charge is 0.416 e. The molecule has 0 saturated carbocycles. The molecule has 0 radical (unpaired) electrons. The van der Waals surface area contributed by atoms with E-state index >= 15 is 0 Å². The number of rotatable bonds is 4. The topological polar surface area (TPSA) is 36.4 Å². The summed E-state index contributed by atoms with van der Waals surface area (Å²) in [4.78, 5) is 20.7. The Kier molecular flexibility index (Phi) is 5.58. The number of amides is 1. The van der Waals surface area contributed by atoms with Gasteiger partial charge in [0.25, 0.3) is 0 Å². The second-order valence-corrected chi connectivity index (χ2v) is 6.83. The average Bonchev–Trinajstić information content (AvgIpc) is 2.67. The minimum absolute atomic E-state index is 0.0195. The molecule has 0 unspecified atom stereocenters. The molecule has 2 heterocycles. The highest BCUT2D eigenvalue weighted by molar-refractivity contribution is 5.92. The number of anilines is 1. The molecular formula is C20H24F3N3O. The lowest BCUT2D eigenvalue weighted by atomic mass is 9.94. The van der Waals surface area contributed by atoms with Gasteiger partial charge >= 0.3 is 6.18 Å². The number of piperidine rings is 1. The number of carbonyl (C=O) groups is 1. The van der Waals surface area contributed by atoms with E-state index in [1.54, 1.807) is 6.20 Å². The lowest BCUT2D eigenvalue weighted by Crippen LogP contribution is -2.42. The van der Waals surface area contributed by atoms with Crippen LogP contribution in [0.25, 0.3) is 10.9 Å². The second-order valence-electron chi connectivity index (χ2n) is 6.83. The van der Waals surface area contributed by atoms with Gasteiger partial charge < -0.3 is 9.80 Å². The zero-order valence-electron chi connectivity index (χ0n) is 15.6. The Morgan fingerprint density at radius 2 is 1.85 bits per heavy atom. The van der Waals surface area contributed by atoms with Gasteiger partial charge in [0.1, 0.15) is 0 Å². The predicted molar refractivity (Wildman–Crippen MR) is 99.6 cm³/mol. The number of halogens is 3. The van der Waals surface area contributed by atoms with Crippen LogP contribution < -0.4 is 4.90 Å². The van der Waals surface area contributed by atoms with Crippen molar-refractivity contribution in [2.24, 2.45) is 5.92 Å². The highest BCUT2D eigenvalue weighted by Gasteiger charge is 2.31. The summed E-state index contributed by atoms with van der Waals surface area (Å²) in [6, 6.07) is 5.52. The molecule has 1 aromatic heterocycles. The molecule has 0 atom stereocenters. The number of carbonyl (C=O) groups excluding carboxylic acids is 1. The molecule has 1 saturated heterocycles. The second kappa shape index (κ2) is 7.74. The number of aromatic nitrogens is 1. The molecule has 27 heavy (non-hydrogen) atoms. The van der Waals surface area contributed by atoms with Gasteiger partial charge in [0.2, 0.25) is 5.91 Å². The Morgan fingerprint density at radius 3 is 2.44 bits per heavy atom. The maximum Gasteiger partial charge on any atom is 0.416 e. The van der Waals surface area contributed by atoms with Gasteiger partial charge in [-0.1, -0.05) is 6.07 Å². The molecular weight excluding hydrogens is 355 g/mol. The van der Waals surface area contributed by atoms with E-state index in [-0.39, 0.29) is 11.8 Å². The van der Waals surface area contributed by atoms with Crippen molar-refractivity contribution in [2.75, 3.05) is 31.1 Å². The molecule has 4 nitrogen and oxygen atoms in total. The third-order valence-electron chi connectivity index (χ3n) is 5.31. The van der Waals surface area contributed by atoms with Gasteiger partial charge in [-0.2, -0.15) is 13.2 Å². The number of fused-ring (bicyclic) bond motifs is 1. The Bertz CT molecular complexity index is 810. The first-order chi connectivity index (χ1) is 12.8. The summed E-state index contributed by atoms with van der Waals surface area (Å²) < 4.78 is 38.8. The van der Waals surface area contributed by atoms with Crippen molar-refractivity contribution < 1.29 is 18.0 Å². The fourth-order valence-corrected chi connectivity index (χ4v) is 3.75. The third kappa shape index (κ3) is 4.01. The highest BCUT2D eigenvalue weighted by atomic mass is 19.4. The van der Waals surface area contributed by atoms with Gasteiger partial charge in [-0.25, -0.2) is 0 Å². The van der Waals surface area contributed by atoms with E-state index in [1.807, 2.05) is 24.8 Å². The first kappa shape index (κ1) is 19.5. The normalized spacial score (nSPS) is 16.0. The van der Waals surface area contributed by atoms with Gasteiger partial charge in [0.05, 0.1) is 11.1 Å². The zero-order chi connectivity index (χ0) is 19.6. The van der Waals surface area contributed by atoms with E-state index in [9.17, 15) is 18.0 Å². The number of hydrogen-bond acceptors (Lipinski definition) is 3. The Hall–Kier alpha value is -2.31. The average molecular weight is 379 g/mol. The molecule has 1 aliphatic rings. The molecule has 1 aromatic carbocycles. The van der Waals surface area contributed by atoms with Crippen molar-refractivity contribution in [1.82, 2.24) is 9.88 Å². The quantitative estimate of drug-likeness (QED) is 0.793. The number of hydrogen-bond donors (Lipinski definition) is 0. The standard InChI is InChI=1S/C20H24F3N3O/c1-3-25(4-2)19(27)14-8-11-26(12-9-14)18-7-10-24-17-13-15(20(21,22)23)5-6-16(17)18/h5-7,10,13-14H,3-4,8-9,11-12H2,1-2H3. The van der Waals surface area contributed by atoms with Gasteiger partial charge in [0, 0.05) is 49.4 Å². The van der Waals surface area contributed by atoms with Crippen molar-refractivity contribution in [3.05, 3.63) is 36.0 Å². The van der Waals surface area contributed by atoms with E-state index in [0.717, 1.165) is 30.7 Å². The van der Waals surface area contributed by atoms with Crippen LogP contribution in [0.5, 0.6) is 0 Å². The van der Waals surface area contributed by atoms with E-state index in [1.165, 1.54) is 6.07 Å². The van der Waals surface area contributed by atoms with E-state index < -0.39 is 11.7 Å². The molecule has 0 bridgehead atoms. The van der Waals surface area contributed by atoms with Crippen molar-refractivity contribution in [1.29, 1.82) is 0 Å². The summed E-state index contributed by atoms with van der Waals surface area (Å²) in [5.74, 6) is 0.222. The molecule has 1 aliphatic heterocycles. The highest BCUT2D eigenvalue weighted by Crippen LogP contribution is 2.34. The van der Waals surface area contributed by atoms with E-state index in [4.69, 9.17) is 0 Å². The minimum atomic E-state index is -4.38. The van der Waals surface area contributed by atoms with Crippen molar-refractivity contribution in [3.63, 3.8) is 0 Å². The Morgan fingerprint density at radius 1 is 1.19 bits per heavy atom.